The Hall–Kier alpha value is -1.18. The molecule has 0 radical (unpaired) electrons. The molecule has 11 heavy (non-hydrogen) atoms. The van der Waals surface area contributed by atoms with E-state index >= 15 is 0 Å². The molecule has 0 unspecified atom stereocenters. The summed E-state index contributed by atoms with van der Waals surface area (Å²) in [6.07, 6.45) is 0. The maximum absolute atomic E-state index is 9.02. The second kappa shape index (κ2) is 3.86. The van der Waals surface area contributed by atoms with Crippen molar-refractivity contribution in [3.05, 3.63) is 29.8 Å². The van der Waals surface area contributed by atoms with E-state index in [1.54, 1.807) is 18.2 Å². The fourth-order valence-electron chi connectivity index (χ4n) is 0.778. The fourth-order valence-corrected chi connectivity index (χ4v) is 0.843. The van der Waals surface area contributed by atoms with E-state index in [9.17, 15) is 0 Å². The van der Waals surface area contributed by atoms with Gasteiger partial charge in [0, 0.05) is 0 Å². The van der Waals surface area contributed by atoms with Gasteiger partial charge in [0.05, 0.1) is 11.7 Å². The summed E-state index contributed by atoms with van der Waals surface area (Å²) in [5.74, 6) is 0.252. The van der Waals surface area contributed by atoms with E-state index < -0.39 is 0 Å². The summed E-state index contributed by atoms with van der Waals surface area (Å²) < 4.78 is 0. The predicted molar refractivity (Wildman–Crippen MR) is 46.8 cm³/mol. The Morgan fingerprint density at radius 1 is 1.55 bits per heavy atom. The maximum Gasteiger partial charge on any atom is 0.115 e. The molecule has 0 aliphatic heterocycles. The van der Waals surface area contributed by atoms with Gasteiger partial charge < -0.3 is 5.11 Å². The summed E-state index contributed by atoms with van der Waals surface area (Å²) >= 11 is 4.40. The van der Waals surface area contributed by atoms with Gasteiger partial charge in [-0.3, -0.25) is 0 Å². The Balaban J connectivity index is 2.79. The SMILES string of the molecule is Oc1cccc(CN=C=S)c1. The quantitative estimate of drug-likeness (QED) is 0.537. The van der Waals surface area contributed by atoms with Gasteiger partial charge in [0.2, 0.25) is 0 Å². The molecule has 0 atom stereocenters. The lowest BCUT2D eigenvalue weighted by Crippen LogP contribution is -1.78. The standard InChI is InChI=1S/C8H7NOS/c10-8-3-1-2-7(4-8)5-9-6-11/h1-4,10H,5H2. The van der Waals surface area contributed by atoms with Crippen molar-refractivity contribution in [1.82, 2.24) is 0 Å². The third-order valence-corrected chi connectivity index (χ3v) is 1.37. The number of phenols is 1. The van der Waals surface area contributed by atoms with Crippen LogP contribution in [0.15, 0.2) is 29.3 Å². The molecule has 0 heterocycles. The van der Waals surface area contributed by atoms with Gasteiger partial charge in [0.15, 0.2) is 0 Å². The minimum Gasteiger partial charge on any atom is -0.508 e. The first-order valence-corrected chi connectivity index (χ1v) is 3.55. The van der Waals surface area contributed by atoms with Crippen molar-refractivity contribution in [2.75, 3.05) is 0 Å². The van der Waals surface area contributed by atoms with Gasteiger partial charge >= 0.3 is 0 Å². The summed E-state index contributed by atoms with van der Waals surface area (Å²) in [6, 6.07) is 6.90. The molecule has 56 valence electrons. The van der Waals surface area contributed by atoms with Crippen LogP contribution in [0.2, 0.25) is 0 Å². The second-order valence-corrected chi connectivity index (χ2v) is 2.26. The van der Waals surface area contributed by atoms with Crippen molar-refractivity contribution in [1.29, 1.82) is 0 Å². The molecule has 0 fully saturated rings. The predicted octanol–water partition coefficient (Wildman–Crippen LogP) is 1.99. The number of aliphatic imine (C=N–C) groups is 1. The highest BCUT2D eigenvalue weighted by atomic mass is 32.1. The average Bonchev–Trinajstić information content (AvgIpc) is 2.01. The highest BCUT2D eigenvalue weighted by Gasteiger charge is 1.90. The second-order valence-electron chi connectivity index (χ2n) is 2.08. The van der Waals surface area contributed by atoms with E-state index in [4.69, 9.17) is 5.11 Å². The minimum atomic E-state index is 0.252. The van der Waals surface area contributed by atoms with Gasteiger partial charge in [-0.15, -0.1) is 0 Å². The Bertz CT molecular complexity index is 292. The molecule has 0 spiro atoms. The summed E-state index contributed by atoms with van der Waals surface area (Å²) in [5.41, 5.74) is 0.933. The number of aromatic hydroxyl groups is 1. The van der Waals surface area contributed by atoms with Crippen LogP contribution in [0.3, 0.4) is 0 Å². The molecule has 0 aliphatic carbocycles. The van der Waals surface area contributed by atoms with Crippen LogP contribution in [-0.4, -0.2) is 10.3 Å². The van der Waals surface area contributed by atoms with E-state index in [1.165, 1.54) is 0 Å². The van der Waals surface area contributed by atoms with Crippen molar-refractivity contribution < 1.29 is 5.11 Å². The Morgan fingerprint density at radius 3 is 3.00 bits per heavy atom. The van der Waals surface area contributed by atoms with Crippen molar-refractivity contribution in [2.45, 2.75) is 6.54 Å². The molecule has 1 aromatic rings. The zero-order valence-corrected chi connectivity index (χ0v) is 6.64. The number of thiocarbonyl (C=S) groups is 1. The number of nitrogens with zero attached hydrogens (tertiary/aromatic N) is 1. The molecular formula is C8H7NOS. The molecule has 1 aromatic carbocycles. The average molecular weight is 165 g/mol. The Kier molecular flexibility index (Phi) is 2.78. The first-order valence-electron chi connectivity index (χ1n) is 3.14. The van der Waals surface area contributed by atoms with E-state index in [0.29, 0.717) is 6.54 Å². The number of benzene rings is 1. The summed E-state index contributed by atoms with van der Waals surface area (Å²) in [6.45, 7) is 0.484. The Labute approximate surface area is 70.2 Å². The summed E-state index contributed by atoms with van der Waals surface area (Å²) in [5, 5.41) is 11.3. The molecule has 0 saturated heterocycles. The lowest BCUT2D eigenvalue weighted by atomic mass is 10.2. The van der Waals surface area contributed by atoms with Crippen LogP contribution >= 0.6 is 12.2 Å². The molecule has 0 amide bonds. The van der Waals surface area contributed by atoms with Crippen molar-refractivity contribution in [3.63, 3.8) is 0 Å². The number of isothiocyanates is 1. The molecule has 0 aliphatic rings. The first kappa shape index (κ1) is 7.92. The molecule has 0 bridgehead atoms. The smallest absolute Gasteiger partial charge is 0.115 e. The molecule has 1 N–H and O–H groups in total. The van der Waals surface area contributed by atoms with Crippen LogP contribution in [0.5, 0.6) is 5.75 Å². The third-order valence-electron chi connectivity index (χ3n) is 1.24. The van der Waals surface area contributed by atoms with Crippen LogP contribution in [0.4, 0.5) is 0 Å². The van der Waals surface area contributed by atoms with Gasteiger partial charge in [-0.1, -0.05) is 12.1 Å². The number of phenolic OH excluding ortho intramolecular Hbond substituents is 1. The third kappa shape index (κ3) is 2.50. The van der Waals surface area contributed by atoms with E-state index in [1.807, 2.05) is 6.07 Å². The van der Waals surface area contributed by atoms with Crippen LogP contribution in [0.1, 0.15) is 5.56 Å². The minimum absolute atomic E-state index is 0.252. The number of rotatable bonds is 2. The monoisotopic (exact) mass is 165 g/mol. The maximum atomic E-state index is 9.02. The molecule has 3 heteroatoms. The van der Waals surface area contributed by atoms with Gasteiger partial charge in [0.1, 0.15) is 5.75 Å². The number of hydrogen-bond acceptors (Lipinski definition) is 3. The van der Waals surface area contributed by atoms with Crippen molar-refractivity contribution in [2.24, 2.45) is 4.99 Å². The van der Waals surface area contributed by atoms with E-state index in [-0.39, 0.29) is 5.75 Å². The molecule has 2 nitrogen and oxygen atoms in total. The topological polar surface area (TPSA) is 32.6 Å². The lowest BCUT2D eigenvalue weighted by Gasteiger charge is -1.94. The largest absolute Gasteiger partial charge is 0.508 e. The molecule has 0 saturated carbocycles. The highest BCUT2D eigenvalue weighted by molar-refractivity contribution is 7.78. The number of hydrogen-bond donors (Lipinski definition) is 1. The van der Waals surface area contributed by atoms with E-state index in [2.05, 4.69) is 22.4 Å². The van der Waals surface area contributed by atoms with Crippen molar-refractivity contribution in [3.8, 4) is 5.75 Å². The van der Waals surface area contributed by atoms with Gasteiger partial charge in [-0.05, 0) is 29.9 Å². The van der Waals surface area contributed by atoms with Crippen LogP contribution in [0, 0.1) is 0 Å². The van der Waals surface area contributed by atoms with Gasteiger partial charge in [-0.2, -0.15) is 0 Å². The normalized spacial score (nSPS) is 8.73. The van der Waals surface area contributed by atoms with E-state index in [0.717, 1.165) is 5.56 Å². The van der Waals surface area contributed by atoms with Crippen LogP contribution < -0.4 is 0 Å². The van der Waals surface area contributed by atoms with Gasteiger partial charge in [0.25, 0.3) is 0 Å². The lowest BCUT2D eigenvalue weighted by molar-refractivity contribution is 0.474. The van der Waals surface area contributed by atoms with Crippen molar-refractivity contribution >= 4 is 17.4 Å². The first-order chi connectivity index (χ1) is 5.33. The Morgan fingerprint density at radius 2 is 2.36 bits per heavy atom. The zero-order chi connectivity index (χ0) is 8.10. The van der Waals surface area contributed by atoms with Crippen LogP contribution in [-0.2, 0) is 6.54 Å². The molecule has 1 rings (SSSR count). The van der Waals surface area contributed by atoms with Gasteiger partial charge in [-0.25, -0.2) is 4.99 Å². The van der Waals surface area contributed by atoms with Crippen LogP contribution in [0.25, 0.3) is 0 Å². The fraction of sp³-hybridized carbons (Fsp3) is 0.125. The molecule has 0 aromatic heterocycles. The highest BCUT2D eigenvalue weighted by Crippen LogP contribution is 2.10. The summed E-state index contributed by atoms with van der Waals surface area (Å²) in [4.78, 5) is 3.74. The zero-order valence-electron chi connectivity index (χ0n) is 5.82. The molecular weight excluding hydrogens is 158 g/mol. The summed E-state index contributed by atoms with van der Waals surface area (Å²) in [7, 11) is 0.